The number of carbonyl (C=O) groups is 1. The van der Waals surface area contributed by atoms with Crippen LogP contribution in [-0.4, -0.2) is 36.3 Å². The van der Waals surface area contributed by atoms with Crippen LogP contribution in [0.25, 0.3) is 22.3 Å². The van der Waals surface area contributed by atoms with Crippen LogP contribution in [0.4, 0.5) is 0 Å². The minimum atomic E-state index is -0.523. The average molecular weight is 313 g/mol. The molecule has 7 nitrogen and oxygen atoms in total. The Labute approximate surface area is 133 Å². The second-order valence-electron chi connectivity index (χ2n) is 6.38. The van der Waals surface area contributed by atoms with Crippen molar-refractivity contribution in [2.24, 2.45) is 0 Å². The van der Waals surface area contributed by atoms with Gasteiger partial charge in [0.25, 0.3) is 0 Å². The first kappa shape index (κ1) is 15.2. The zero-order chi connectivity index (χ0) is 16.6. The third-order valence-corrected chi connectivity index (χ3v) is 3.37. The quantitative estimate of drug-likeness (QED) is 0.751. The summed E-state index contributed by atoms with van der Waals surface area (Å²) in [5, 5.41) is 5.19. The van der Waals surface area contributed by atoms with Crippen molar-refractivity contribution in [1.29, 1.82) is 0 Å². The molecule has 3 aromatic rings. The lowest BCUT2D eigenvalue weighted by molar-refractivity contribution is -0.158. The summed E-state index contributed by atoms with van der Waals surface area (Å²) in [6, 6.07) is 1.41. The van der Waals surface area contributed by atoms with Gasteiger partial charge in [0.2, 0.25) is 0 Å². The molecule has 3 heterocycles. The number of nitrogens with one attached hydrogen (secondary N) is 1. The maximum absolute atomic E-state index is 12.2. The van der Waals surface area contributed by atoms with Crippen molar-refractivity contribution in [2.45, 2.75) is 39.3 Å². The third-order valence-electron chi connectivity index (χ3n) is 3.37. The number of esters is 1. The molecule has 23 heavy (non-hydrogen) atoms. The summed E-state index contributed by atoms with van der Waals surface area (Å²) in [5.74, 6) is -0.318. The molecule has 0 aliphatic carbocycles. The molecule has 7 heteroatoms. The van der Waals surface area contributed by atoms with Crippen LogP contribution in [0.2, 0.25) is 0 Å². The second kappa shape index (κ2) is 5.49. The van der Waals surface area contributed by atoms with E-state index in [1.807, 2.05) is 33.0 Å². The average Bonchev–Trinajstić information content (AvgIpc) is 3.13. The number of hydrogen-bond donors (Lipinski definition) is 1. The number of ether oxygens (including phenoxy) is 1. The normalized spacial score (nSPS) is 13.2. The molecule has 0 aliphatic rings. The van der Waals surface area contributed by atoms with Crippen molar-refractivity contribution in [3.63, 3.8) is 0 Å². The molecule has 1 N–H and O–H groups in total. The first-order chi connectivity index (χ1) is 10.8. The lowest BCUT2D eigenvalue weighted by atomic mass is 10.2. The summed E-state index contributed by atoms with van der Waals surface area (Å²) in [7, 11) is 0. The van der Waals surface area contributed by atoms with E-state index in [-0.39, 0.29) is 5.97 Å². The fourth-order valence-electron chi connectivity index (χ4n) is 2.27. The zero-order valence-electron chi connectivity index (χ0n) is 13.6. The van der Waals surface area contributed by atoms with Gasteiger partial charge in [-0.15, -0.1) is 0 Å². The van der Waals surface area contributed by atoms with Crippen LogP contribution in [0.15, 0.2) is 31.0 Å². The van der Waals surface area contributed by atoms with Gasteiger partial charge in [0.05, 0.1) is 11.9 Å². The first-order valence-corrected chi connectivity index (χ1v) is 7.40. The van der Waals surface area contributed by atoms with Gasteiger partial charge >= 0.3 is 5.97 Å². The molecule has 0 fully saturated rings. The summed E-state index contributed by atoms with van der Waals surface area (Å²) >= 11 is 0. The molecule has 1 atom stereocenters. The third kappa shape index (κ3) is 3.08. The number of aromatic nitrogens is 5. The van der Waals surface area contributed by atoms with Gasteiger partial charge in [0.15, 0.2) is 0 Å². The lowest BCUT2D eigenvalue weighted by Gasteiger charge is -2.22. The highest BCUT2D eigenvalue weighted by molar-refractivity contribution is 5.90. The van der Waals surface area contributed by atoms with E-state index in [1.165, 1.54) is 6.33 Å². The van der Waals surface area contributed by atoms with Gasteiger partial charge in [-0.1, -0.05) is 0 Å². The maximum atomic E-state index is 12.2. The topological polar surface area (TPSA) is 85.7 Å². The molecule has 120 valence electrons. The molecular formula is C16H19N5O2. The van der Waals surface area contributed by atoms with Crippen LogP contribution >= 0.6 is 0 Å². The van der Waals surface area contributed by atoms with E-state index in [4.69, 9.17) is 4.74 Å². The molecule has 0 amide bonds. The van der Waals surface area contributed by atoms with Gasteiger partial charge in [-0.3, -0.25) is 4.68 Å². The van der Waals surface area contributed by atoms with E-state index in [2.05, 4.69) is 20.1 Å². The number of H-pyrrole nitrogens is 1. The molecular weight excluding hydrogens is 294 g/mol. The first-order valence-electron chi connectivity index (χ1n) is 7.40. The minimum Gasteiger partial charge on any atom is -0.458 e. The Hall–Kier alpha value is -2.70. The number of carbonyl (C=O) groups excluding carboxylic acids is 1. The van der Waals surface area contributed by atoms with E-state index in [9.17, 15) is 4.79 Å². The highest BCUT2D eigenvalue weighted by Gasteiger charge is 2.24. The Morgan fingerprint density at radius 2 is 2.13 bits per heavy atom. The standard InChI is InChI=1S/C16H19N5O2/c1-10(15(22)23-16(2,3)4)21-8-11(7-20-21)13-12-5-6-17-14(12)19-9-18-13/h5-10H,1-4H3,(H,17,18,19). The molecule has 3 aromatic heterocycles. The monoisotopic (exact) mass is 313 g/mol. The predicted molar refractivity (Wildman–Crippen MR) is 85.7 cm³/mol. The van der Waals surface area contributed by atoms with Crippen LogP contribution in [0.1, 0.15) is 33.7 Å². The smallest absolute Gasteiger partial charge is 0.331 e. The van der Waals surface area contributed by atoms with Gasteiger partial charge < -0.3 is 9.72 Å². The lowest BCUT2D eigenvalue weighted by Crippen LogP contribution is -2.29. The Bertz CT molecular complexity index is 843. The van der Waals surface area contributed by atoms with Crippen molar-refractivity contribution < 1.29 is 9.53 Å². The van der Waals surface area contributed by atoms with Crippen molar-refractivity contribution in [1.82, 2.24) is 24.7 Å². The fourth-order valence-corrected chi connectivity index (χ4v) is 2.27. The number of aromatic amines is 1. The van der Waals surface area contributed by atoms with E-state index in [0.29, 0.717) is 0 Å². The van der Waals surface area contributed by atoms with Crippen molar-refractivity contribution in [3.05, 3.63) is 31.0 Å². The van der Waals surface area contributed by atoms with E-state index in [1.54, 1.807) is 24.0 Å². The number of nitrogens with zero attached hydrogens (tertiary/aromatic N) is 4. The van der Waals surface area contributed by atoms with Crippen LogP contribution in [0.3, 0.4) is 0 Å². The molecule has 3 rings (SSSR count). The van der Waals surface area contributed by atoms with E-state index >= 15 is 0 Å². The minimum absolute atomic E-state index is 0.318. The summed E-state index contributed by atoms with van der Waals surface area (Å²) < 4.78 is 6.98. The molecule has 0 radical (unpaired) electrons. The maximum Gasteiger partial charge on any atom is 0.331 e. The highest BCUT2D eigenvalue weighted by Crippen LogP contribution is 2.25. The van der Waals surface area contributed by atoms with Gasteiger partial charge in [0.1, 0.15) is 23.6 Å². The Balaban J connectivity index is 1.89. The van der Waals surface area contributed by atoms with Gasteiger partial charge in [-0.2, -0.15) is 5.10 Å². The second-order valence-corrected chi connectivity index (χ2v) is 6.38. The summed E-state index contributed by atoms with van der Waals surface area (Å²) in [6.07, 6.45) is 6.80. The molecule has 0 saturated heterocycles. The molecule has 0 spiro atoms. The number of rotatable bonds is 3. The SMILES string of the molecule is CC(C(=O)OC(C)(C)C)n1cc(-c2ncnc3[nH]ccc23)cn1. The van der Waals surface area contributed by atoms with Crippen molar-refractivity contribution in [3.8, 4) is 11.3 Å². The van der Waals surface area contributed by atoms with E-state index < -0.39 is 11.6 Å². The highest BCUT2D eigenvalue weighted by atomic mass is 16.6. The van der Waals surface area contributed by atoms with Gasteiger partial charge in [-0.05, 0) is 33.8 Å². The largest absolute Gasteiger partial charge is 0.458 e. The van der Waals surface area contributed by atoms with Gasteiger partial charge in [-0.25, -0.2) is 14.8 Å². The number of hydrogen-bond acceptors (Lipinski definition) is 5. The van der Waals surface area contributed by atoms with Crippen molar-refractivity contribution >= 4 is 17.0 Å². The van der Waals surface area contributed by atoms with E-state index in [0.717, 1.165) is 22.3 Å². The summed E-state index contributed by atoms with van der Waals surface area (Å²) in [6.45, 7) is 7.29. The number of fused-ring (bicyclic) bond motifs is 1. The molecule has 0 saturated carbocycles. The van der Waals surface area contributed by atoms with Crippen LogP contribution in [0.5, 0.6) is 0 Å². The van der Waals surface area contributed by atoms with Crippen LogP contribution in [0, 0.1) is 0 Å². The van der Waals surface area contributed by atoms with Crippen LogP contribution in [-0.2, 0) is 9.53 Å². The Morgan fingerprint density at radius 1 is 1.35 bits per heavy atom. The Kier molecular flexibility index (Phi) is 3.63. The van der Waals surface area contributed by atoms with Crippen LogP contribution < -0.4 is 0 Å². The van der Waals surface area contributed by atoms with Crippen molar-refractivity contribution in [2.75, 3.05) is 0 Å². The molecule has 1 unspecified atom stereocenters. The molecule has 0 aliphatic heterocycles. The summed E-state index contributed by atoms with van der Waals surface area (Å²) in [5.41, 5.74) is 1.85. The summed E-state index contributed by atoms with van der Waals surface area (Å²) in [4.78, 5) is 23.7. The molecule has 0 aromatic carbocycles. The molecule has 0 bridgehead atoms. The fraction of sp³-hybridized carbons (Fsp3) is 0.375. The Morgan fingerprint density at radius 3 is 2.87 bits per heavy atom. The zero-order valence-corrected chi connectivity index (χ0v) is 13.6. The predicted octanol–water partition coefficient (Wildman–Crippen LogP) is 2.72. The van der Waals surface area contributed by atoms with Gasteiger partial charge in [0, 0.05) is 23.3 Å².